The van der Waals surface area contributed by atoms with Crippen molar-refractivity contribution in [3.63, 3.8) is 0 Å². The van der Waals surface area contributed by atoms with E-state index in [1.165, 1.54) is 12.1 Å². The quantitative estimate of drug-likeness (QED) is 0.903. The van der Waals surface area contributed by atoms with Gasteiger partial charge >= 0.3 is 5.97 Å². The summed E-state index contributed by atoms with van der Waals surface area (Å²) >= 11 is 1.70. The van der Waals surface area contributed by atoms with Gasteiger partial charge in [-0.25, -0.2) is 4.98 Å². The highest BCUT2D eigenvalue weighted by Gasteiger charge is 2.43. The van der Waals surface area contributed by atoms with E-state index in [1.807, 2.05) is 0 Å². The minimum absolute atomic E-state index is 0.116. The minimum atomic E-state index is -0.644. The van der Waals surface area contributed by atoms with Gasteiger partial charge in [0.2, 0.25) is 0 Å². The van der Waals surface area contributed by atoms with E-state index in [0.717, 1.165) is 30.9 Å². The highest BCUT2D eigenvalue weighted by Crippen LogP contribution is 2.42. The molecule has 1 saturated carbocycles. The number of nitrogens with zero attached hydrogens (tertiary/aromatic N) is 2. The highest BCUT2D eigenvalue weighted by atomic mass is 32.1. The number of hydrogen-bond acceptors (Lipinski definition) is 4. The van der Waals surface area contributed by atoms with Crippen molar-refractivity contribution in [2.45, 2.75) is 25.2 Å². The zero-order chi connectivity index (χ0) is 12.7. The molecule has 2 heterocycles. The summed E-state index contributed by atoms with van der Waals surface area (Å²) in [5, 5.41) is 12.2. The molecule has 0 bridgehead atoms. The first-order valence-corrected chi connectivity index (χ1v) is 7.37. The molecule has 1 aliphatic carbocycles. The van der Waals surface area contributed by atoms with E-state index < -0.39 is 5.97 Å². The number of likely N-dealkylation sites (tertiary alicyclic amines) is 1. The molecule has 1 aromatic heterocycles. The van der Waals surface area contributed by atoms with Crippen molar-refractivity contribution >= 4 is 17.3 Å². The van der Waals surface area contributed by atoms with E-state index in [2.05, 4.69) is 17.3 Å². The predicted octanol–water partition coefficient (Wildman–Crippen LogP) is 1.83. The molecule has 2 fully saturated rings. The van der Waals surface area contributed by atoms with Crippen LogP contribution in [0.1, 0.15) is 29.5 Å². The molecule has 0 aromatic carbocycles. The van der Waals surface area contributed by atoms with E-state index in [-0.39, 0.29) is 5.92 Å². The Kier molecular flexibility index (Phi) is 3.11. The summed E-state index contributed by atoms with van der Waals surface area (Å²) in [5.41, 5.74) is 1.21. The molecule has 2 aliphatic rings. The number of hydrogen-bond donors (Lipinski definition) is 1. The van der Waals surface area contributed by atoms with E-state index in [0.29, 0.717) is 11.8 Å². The third-order valence-corrected chi connectivity index (χ3v) is 4.95. The number of likely N-dealkylation sites (N-methyl/N-ethyl adjacent to an activating group) is 1. The number of carboxylic acid groups (broad SMARTS) is 1. The largest absolute Gasteiger partial charge is 0.481 e. The monoisotopic (exact) mass is 266 g/mol. The molecule has 0 amide bonds. The molecule has 4 nitrogen and oxygen atoms in total. The SMILES string of the molecule is CN1CCC(c2csc(CC3CC3C(=O)O)n2)C1. The van der Waals surface area contributed by atoms with Crippen molar-refractivity contribution < 1.29 is 9.90 Å². The molecule has 3 atom stereocenters. The third-order valence-electron chi connectivity index (χ3n) is 4.06. The lowest BCUT2D eigenvalue weighted by molar-refractivity contribution is -0.138. The maximum atomic E-state index is 10.8. The molecule has 98 valence electrons. The van der Waals surface area contributed by atoms with Gasteiger partial charge in [0.05, 0.1) is 16.6 Å². The van der Waals surface area contributed by atoms with Crippen LogP contribution in [0.25, 0.3) is 0 Å². The van der Waals surface area contributed by atoms with Gasteiger partial charge in [0.15, 0.2) is 0 Å². The average Bonchev–Trinajstić information content (AvgIpc) is 2.71. The highest BCUT2D eigenvalue weighted by molar-refractivity contribution is 7.09. The second kappa shape index (κ2) is 4.63. The van der Waals surface area contributed by atoms with Crippen LogP contribution < -0.4 is 0 Å². The smallest absolute Gasteiger partial charge is 0.306 e. The zero-order valence-corrected chi connectivity index (χ0v) is 11.3. The number of carboxylic acids is 1. The van der Waals surface area contributed by atoms with Crippen LogP contribution in [0.4, 0.5) is 0 Å². The molecule has 3 unspecified atom stereocenters. The number of aromatic nitrogens is 1. The van der Waals surface area contributed by atoms with Crippen LogP contribution in [0.5, 0.6) is 0 Å². The number of thiazole rings is 1. The van der Waals surface area contributed by atoms with Crippen molar-refractivity contribution in [2.75, 3.05) is 20.1 Å². The normalized spacial score (nSPS) is 31.7. The van der Waals surface area contributed by atoms with Gasteiger partial charge in [-0.3, -0.25) is 4.79 Å². The van der Waals surface area contributed by atoms with Gasteiger partial charge in [0.25, 0.3) is 0 Å². The molecular formula is C13H18N2O2S. The van der Waals surface area contributed by atoms with Crippen LogP contribution >= 0.6 is 11.3 Å². The summed E-state index contributed by atoms with van der Waals surface area (Å²) in [6.45, 7) is 2.26. The molecule has 1 aliphatic heterocycles. The molecule has 1 saturated heterocycles. The molecule has 0 radical (unpaired) electrons. The second-order valence-electron chi connectivity index (χ2n) is 5.56. The van der Waals surface area contributed by atoms with Crippen molar-refractivity contribution in [3.8, 4) is 0 Å². The van der Waals surface area contributed by atoms with Crippen LogP contribution in [0, 0.1) is 11.8 Å². The minimum Gasteiger partial charge on any atom is -0.481 e. The van der Waals surface area contributed by atoms with Gasteiger partial charge in [0, 0.05) is 24.3 Å². The Balaban J connectivity index is 1.59. The number of carbonyl (C=O) groups is 1. The van der Waals surface area contributed by atoms with Crippen LogP contribution in [0.2, 0.25) is 0 Å². The number of rotatable bonds is 4. The maximum Gasteiger partial charge on any atom is 0.306 e. The lowest BCUT2D eigenvalue weighted by Gasteiger charge is -2.06. The summed E-state index contributed by atoms with van der Waals surface area (Å²) < 4.78 is 0. The standard InChI is InChI=1S/C13H18N2O2S/c1-15-3-2-8(6-15)11-7-18-12(14-11)5-9-4-10(9)13(16)17/h7-10H,2-6H2,1H3,(H,16,17). The average molecular weight is 266 g/mol. The summed E-state index contributed by atoms with van der Waals surface area (Å²) in [6, 6.07) is 0. The summed E-state index contributed by atoms with van der Waals surface area (Å²) in [7, 11) is 2.15. The van der Waals surface area contributed by atoms with Gasteiger partial charge in [-0.05, 0) is 32.4 Å². The van der Waals surface area contributed by atoms with E-state index >= 15 is 0 Å². The number of aliphatic carboxylic acids is 1. The van der Waals surface area contributed by atoms with Crippen LogP contribution in [0.15, 0.2) is 5.38 Å². The van der Waals surface area contributed by atoms with Crippen molar-refractivity contribution in [1.82, 2.24) is 9.88 Å². The van der Waals surface area contributed by atoms with Crippen molar-refractivity contribution in [2.24, 2.45) is 11.8 Å². The Bertz CT molecular complexity index is 460. The van der Waals surface area contributed by atoms with Gasteiger partial charge in [-0.2, -0.15) is 0 Å². The van der Waals surface area contributed by atoms with Crippen LogP contribution in [-0.4, -0.2) is 41.1 Å². The molecular weight excluding hydrogens is 248 g/mol. The first-order valence-electron chi connectivity index (χ1n) is 6.49. The van der Waals surface area contributed by atoms with Gasteiger partial charge in [0.1, 0.15) is 0 Å². The first kappa shape index (κ1) is 12.1. The zero-order valence-electron chi connectivity index (χ0n) is 10.5. The topological polar surface area (TPSA) is 53.4 Å². The molecule has 18 heavy (non-hydrogen) atoms. The summed E-state index contributed by atoms with van der Waals surface area (Å²) in [5.74, 6) is 0.145. The molecule has 1 aromatic rings. The van der Waals surface area contributed by atoms with E-state index in [4.69, 9.17) is 10.1 Å². The van der Waals surface area contributed by atoms with Crippen LogP contribution in [0.3, 0.4) is 0 Å². The van der Waals surface area contributed by atoms with Gasteiger partial charge < -0.3 is 10.0 Å². The predicted molar refractivity (Wildman–Crippen MR) is 69.9 cm³/mol. The van der Waals surface area contributed by atoms with E-state index in [1.54, 1.807) is 11.3 Å². The Hall–Kier alpha value is -0.940. The third kappa shape index (κ3) is 2.42. The molecule has 5 heteroatoms. The summed E-state index contributed by atoms with van der Waals surface area (Å²) in [6.07, 6.45) is 2.88. The Morgan fingerprint density at radius 1 is 1.67 bits per heavy atom. The lowest BCUT2D eigenvalue weighted by atomic mass is 10.1. The van der Waals surface area contributed by atoms with Crippen molar-refractivity contribution in [3.05, 3.63) is 16.1 Å². The fraction of sp³-hybridized carbons (Fsp3) is 0.692. The molecule has 1 N–H and O–H groups in total. The van der Waals surface area contributed by atoms with E-state index in [9.17, 15) is 4.79 Å². The van der Waals surface area contributed by atoms with Crippen LogP contribution in [-0.2, 0) is 11.2 Å². The summed E-state index contributed by atoms with van der Waals surface area (Å²) in [4.78, 5) is 17.8. The Morgan fingerprint density at radius 3 is 3.11 bits per heavy atom. The fourth-order valence-electron chi connectivity index (χ4n) is 2.78. The van der Waals surface area contributed by atoms with Gasteiger partial charge in [-0.1, -0.05) is 0 Å². The van der Waals surface area contributed by atoms with Crippen molar-refractivity contribution in [1.29, 1.82) is 0 Å². The van der Waals surface area contributed by atoms with Gasteiger partial charge in [-0.15, -0.1) is 11.3 Å². The molecule has 3 rings (SSSR count). The first-order chi connectivity index (χ1) is 8.63. The maximum absolute atomic E-state index is 10.8. The Morgan fingerprint density at radius 2 is 2.50 bits per heavy atom. The fourth-order valence-corrected chi connectivity index (χ4v) is 3.75. The second-order valence-corrected chi connectivity index (χ2v) is 6.50. The lowest BCUT2D eigenvalue weighted by Crippen LogP contribution is -2.13. The molecule has 0 spiro atoms. The Labute approximate surface area is 111 Å².